The molecule has 4 aromatic rings. The molecule has 148 valence electrons. The van der Waals surface area contributed by atoms with Crippen molar-refractivity contribution in [2.45, 2.75) is 24.3 Å². The van der Waals surface area contributed by atoms with Gasteiger partial charge in [0.15, 0.2) is 5.82 Å². The highest BCUT2D eigenvalue weighted by Crippen LogP contribution is 2.30. The average molecular weight is 428 g/mol. The lowest BCUT2D eigenvalue weighted by molar-refractivity contribution is 0.415. The molecule has 0 aliphatic rings. The molecule has 0 aliphatic carbocycles. The Morgan fingerprint density at radius 1 is 1.17 bits per heavy atom. The number of aromatic amines is 1. The molecule has 2 aromatic heterocycles. The number of nitrogens with one attached hydrogen (secondary N) is 1. The third-order valence-corrected chi connectivity index (χ3v) is 5.81. The summed E-state index contributed by atoms with van der Waals surface area (Å²) in [6.07, 6.45) is 0.767. The van der Waals surface area contributed by atoms with E-state index in [2.05, 4.69) is 15.2 Å². The van der Waals surface area contributed by atoms with Crippen molar-refractivity contribution in [2.75, 3.05) is 7.11 Å². The highest BCUT2D eigenvalue weighted by molar-refractivity contribution is 7.98. The highest BCUT2D eigenvalue weighted by Gasteiger charge is 2.12. The van der Waals surface area contributed by atoms with Crippen LogP contribution < -0.4 is 10.4 Å². The van der Waals surface area contributed by atoms with Gasteiger partial charge in [0.1, 0.15) is 11.3 Å². The first kappa shape index (κ1) is 19.5. The number of aryl methyl sites for hydroxylation is 1. The van der Waals surface area contributed by atoms with Crippen LogP contribution in [0.2, 0.25) is 5.02 Å². The van der Waals surface area contributed by atoms with Crippen molar-refractivity contribution in [3.8, 4) is 17.1 Å². The number of hydrogen-bond donors (Lipinski definition) is 1. The summed E-state index contributed by atoms with van der Waals surface area (Å²) >= 11 is 7.79. The Bertz CT molecular complexity index is 1220. The molecule has 2 aromatic carbocycles. The number of nitrogens with zero attached hydrogens (tertiary/aromatic N) is 2. The van der Waals surface area contributed by atoms with Crippen molar-refractivity contribution in [1.29, 1.82) is 0 Å². The normalized spacial score (nSPS) is 11.1. The maximum Gasteiger partial charge on any atom is 0.336 e. The van der Waals surface area contributed by atoms with Crippen molar-refractivity contribution in [2.24, 2.45) is 0 Å². The summed E-state index contributed by atoms with van der Waals surface area (Å²) in [4.78, 5) is 16.5. The van der Waals surface area contributed by atoms with E-state index in [1.165, 1.54) is 17.8 Å². The Morgan fingerprint density at radius 3 is 2.69 bits per heavy atom. The van der Waals surface area contributed by atoms with Crippen LogP contribution in [0, 0.1) is 0 Å². The van der Waals surface area contributed by atoms with Crippen LogP contribution >= 0.6 is 23.4 Å². The van der Waals surface area contributed by atoms with Crippen molar-refractivity contribution in [1.82, 2.24) is 15.2 Å². The maximum atomic E-state index is 12.0. The standard InChI is InChI=1S/C21H18ClN3O3S/c1-3-12-8-18-16(10-17(12)22)14(9-19(26)28-18)11-29-21-23-20(24-25-21)13-4-6-15(27-2)7-5-13/h4-10H,3,11H2,1-2H3,(H,23,24,25). The van der Waals surface area contributed by atoms with Crippen LogP contribution in [-0.2, 0) is 12.2 Å². The number of rotatable bonds is 6. The van der Waals surface area contributed by atoms with E-state index in [4.69, 9.17) is 20.8 Å². The van der Waals surface area contributed by atoms with Gasteiger partial charge in [-0.2, -0.15) is 0 Å². The molecule has 1 N–H and O–H groups in total. The van der Waals surface area contributed by atoms with Gasteiger partial charge in [-0.1, -0.05) is 30.3 Å². The van der Waals surface area contributed by atoms with E-state index < -0.39 is 0 Å². The first-order chi connectivity index (χ1) is 14.1. The largest absolute Gasteiger partial charge is 0.497 e. The summed E-state index contributed by atoms with van der Waals surface area (Å²) in [6.45, 7) is 2.01. The molecule has 4 rings (SSSR count). The number of halogens is 1. The molecule has 0 atom stereocenters. The molecular formula is C21H18ClN3O3S. The third kappa shape index (κ3) is 4.16. The lowest BCUT2D eigenvalue weighted by atomic mass is 10.1. The molecule has 0 saturated heterocycles. The maximum absolute atomic E-state index is 12.0. The van der Waals surface area contributed by atoms with Crippen LogP contribution in [-0.4, -0.2) is 22.3 Å². The second-order valence-electron chi connectivity index (χ2n) is 6.37. The number of ether oxygens (including phenoxy) is 1. The molecule has 0 saturated carbocycles. The molecule has 0 amide bonds. The fourth-order valence-electron chi connectivity index (χ4n) is 3.01. The lowest BCUT2D eigenvalue weighted by Crippen LogP contribution is -2.00. The molecule has 2 heterocycles. The van der Waals surface area contributed by atoms with Crippen LogP contribution in [0.4, 0.5) is 0 Å². The topological polar surface area (TPSA) is 81.0 Å². The van der Waals surface area contributed by atoms with Crippen molar-refractivity contribution in [3.63, 3.8) is 0 Å². The predicted molar refractivity (Wildman–Crippen MR) is 115 cm³/mol. The molecular weight excluding hydrogens is 410 g/mol. The van der Waals surface area contributed by atoms with Crippen molar-refractivity contribution >= 4 is 34.3 Å². The van der Waals surface area contributed by atoms with Gasteiger partial charge in [0.2, 0.25) is 5.16 Å². The number of thioether (sulfide) groups is 1. The van der Waals surface area contributed by atoms with Gasteiger partial charge in [0.05, 0.1) is 7.11 Å². The summed E-state index contributed by atoms with van der Waals surface area (Å²) in [6, 6.07) is 12.8. The van der Waals surface area contributed by atoms with E-state index in [0.717, 1.165) is 34.2 Å². The monoisotopic (exact) mass is 427 g/mol. The molecule has 0 bridgehead atoms. The first-order valence-electron chi connectivity index (χ1n) is 9.02. The molecule has 0 spiro atoms. The van der Waals surface area contributed by atoms with Gasteiger partial charge < -0.3 is 9.15 Å². The second-order valence-corrected chi connectivity index (χ2v) is 7.72. The third-order valence-electron chi connectivity index (χ3n) is 4.56. The number of hydrogen-bond acceptors (Lipinski definition) is 6. The number of H-pyrrole nitrogens is 1. The highest BCUT2D eigenvalue weighted by atomic mass is 35.5. The molecule has 0 radical (unpaired) electrons. The molecule has 6 nitrogen and oxygen atoms in total. The molecule has 8 heteroatoms. The fraction of sp³-hybridized carbons (Fsp3) is 0.190. The van der Waals surface area contributed by atoms with Crippen LogP contribution in [0.15, 0.2) is 56.8 Å². The number of methoxy groups -OCH3 is 1. The Morgan fingerprint density at radius 2 is 1.97 bits per heavy atom. The molecule has 0 aliphatic heterocycles. The van der Waals surface area contributed by atoms with Crippen LogP contribution in [0.1, 0.15) is 18.1 Å². The van der Waals surface area contributed by atoms with Gasteiger partial charge in [-0.05, 0) is 53.9 Å². The molecule has 0 fully saturated rings. The Kier molecular flexibility index (Phi) is 5.60. The quantitative estimate of drug-likeness (QED) is 0.341. The molecule has 0 unspecified atom stereocenters. The van der Waals surface area contributed by atoms with Gasteiger partial charge >= 0.3 is 5.63 Å². The zero-order valence-corrected chi connectivity index (χ0v) is 17.4. The number of fused-ring (bicyclic) bond motifs is 1. The van der Waals surface area contributed by atoms with Crippen LogP contribution in [0.3, 0.4) is 0 Å². The van der Waals surface area contributed by atoms with E-state index in [1.807, 2.05) is 43.3 Å². The lowest BCUT2D eigenvalue weighted by Gasteiger charge is -2.07. The van der Waals surface area contributed by atoms with Crippen LogP contribution in [0.5, 0.6) is 5.75 Å². The van der Waals surface area contributed by atoms with Gasteiger partial charge in [-0.3, -0.25) is 5.10 Å². The smallest absolute Gasteiger partial charge is 0.336 e. The summed E-state index contributed by atoms with van der Waals surface area (Å²) in [5, 5.41) is 9.29. The minimum absolute atomic E-state index is 0.383. The van der Waals surface area contributed by atoms with E-state index in [-0.39, 0.29) is 5.63 Å². The Labute approximate surface area is 176 Å². The van der Waals surface area contributed by atoms with Crippen molar-refractivity contribution < 1.29 is 9.15 Å². The summed E-state index contributed by atoms with van der Waals surface area (Å²) < 4.78 is 10.5. The van der Waals surface area contributed by atoms with E-state index in [1.54, 1.807) is 7.11 Å². The summed E-state index contributed by atoms with van der Waals surface area (Å²) in [5.74, 6) is 1.97. The summed E-state index contributed by atoms with van der Waals surface area (Å²) in [5.41, 5.74) is 2.86. The van der Waals surface area contributed by atoms with E-state index >= 15 is 0 Å². The minimum atomic E-state index is -0.383. The summed E-state index contributed by atoms with van der Waals surface area (Å²) in [7, 11) is 1.63. The van der Waals surface area contributed by atoms with Crippen molar-refractivity contribution in [3.05, 3.63) is 69.0 Å². The Hall–Kier alpha value is -2.77. The predicted octanol–water partition coefficient (Wildman–Crippen LogP) is 5.09. The van der Waals surface area contributed by atoms with Crippen LogP contribution in [0.25, 0.3) is 22.4 Å². The number of benzene rings is 2. The minimum Gasteiger partial charge on any atom is -0.497 e. The SMILES string of the molecule is CCc1cc2oc(=O)cc(CSc3n[nH]c(-c4ccc(OC)cc4)n3)c2cc1Cl. The second kappa shape index (κ2) is 8.31. The molecule has 29 heavy (non-hydrogen) atoms. The average Bonchev–Trinajstić information content (AvgIpc) is 3.21. The van der Waals surface area contributed by atoms with E-state index in [0.29, 0.717) is 27.3 Å². The Balaban J connectivity index is 1.57. The van der Waals surface area contributed by atoms with Gasteiger partial charge in [-0.15, -0.1) is 5.10 Å². The number of aromatic nitrogens is 3. The zero-order chi connectivity index (χ0) is 20.4. The van der Waals surface area contributed by atoms with E-state index in [9.17, 15) is 4.79 Å². The fourth-order valence-corrected chi connectivity index (χ4v) is 4.10. The first-order valence-corrected chi connectivity index (χ1v) is 10.4. The van der Waals surface area contributed by atoms with Gasteiger partial charge in [-0.25, -0.2) is 9.78 Å². The van der Waals surface area contributed by atoms with Gasteiger partial charge in [0, 0.05) is 27.8 Å². The zero-order valence-electron chi connectivity index (χ0n) is 15.9. The van der Waals surface area contributed by atoms with Gasteiger partial charge in [0.25, 0.3) is 0 Å².